The lowest BCUT2D eigenvalue weighted by Gasteiger charge is -2.55. The Morgan fingerprint density at radius 3 is 2.09 bits per heavy atom. The molecule has 2 fully saturated rings. The molecular formula is C37H33NO7. The summed E-state index contributed by atoms with van der Waals surface area (Å²) >= 11 is 0. The number of carbonyl (C=O) groups is 4. The molecule has 3 aromatic rings. The van der Waals surface area contributed by atoms with Crippen molar-refractivity contribution in [2.45, 2.75) is 24.2 Å². The van der Waals surface area contributed by atoms with Crippen LogP contribution in [0, 0.1) is 23.7 Å². The topological polar surface area (TPSA) is 110 Å². The second kappa shape index (κ2) is 10.6. The monoisotopic (exact) mass is 603 g/mol. The van der Waals surface area contributed by atoms with Gasteiger partial charge >= 0.3 is 0 Å². The average Bonchev–Trinajstić information content (AvgIpc) is 3.29. The van der Waals surface area contributed by atoms with Gasteiger partial charge in [-0.3, -0.25) is 24.1 Å². The van der Waals surface area contributed by atoms with Gasteiger partial charge in [0.05, 0.1) is 31.5 Å². The van der Waals surface area contributed by atoms with Crippen LogP contribution in [-0.2, 0) is 24.6 Å². The number of hydrogen-bond acceptors (Lipinski definition) is 7. The fraction of sp³-hybridized carbons (Fsp3) is 0.297. The Morgan fingerprint density at radius 2 is 1.47 bits per heavy atom. The Morgan fingerprint density at radius 1 is 0.844 bits per heavy atom. The molecule has 3 aromatic carbocycles. The molecule has 3 aliphatic carbocycles. The maximum Gasteiger partial charge on any atom is 0.233 e. The van der Waals surface area contributed by atoms with Crippen LogP contribution >= 0.6 is 0 Å². The normalized spacial score (nSPS) is 29.0. The lowest BCUT2D eigenvalue weighted by molar-refractivity contribution is -0.139. The first-order chi connectivity index (χ1) is 21.7. The highest BCUT2D eigenvalue weighted by Gasteiger charge is 2.66. The molecule has 1 saturated carbocycles. The molecule has 6 atom stereocenters. The van der Waals surface area contributed by atoms with E-state index in [1.54, 1.807) is 0 Å². The smallest absolute Gasteiger partial charge is 0.233 e. The first kappa shape index (κ1) is 28.8. The molecule has 1 heterocycles. The number of ketones is 2. The number of phenolic OH excluding ortho intramolecular Hbond substituents is 1. The first-order valence-corrected chi connectivity index (χ1v) is 15.1. The van der Waals surface area contributed by atoms with Crippen molar-refractivity contribution in [2.24, 2.45) is 23.7 Å². The molecule has 45 heavy (non-hydrogen) atoms. The van der Waals surface area contributed by atoms with Gasteiger partial charge in [-0.2, -0.15) is 0 Å². The minimum atomic E-state index is -1.43. The van der Waals surface area contributed by atoms with E-state index in [4.69, 9.17) is 9.47 Å². The number of Topliss-reactive ketones (excluding diaryl/α,β-unsaturated/α-hetero) is 1. The van der Waals surface area contributed by atoms with Crippen molar-refractivity contribution in [1.82, 2.24) is 4.90 Å². The molecule has 0 aromatic heterocycles. The van der Waals surface area contributed by atoms with Crippen LogP contribution in [0.25, 0.3) is 5.57 Å². The van der Waals surface area contributed by atoms with Crippen molar-refractivity contribution < 1.29 is 33.8 Å². The summed E-state index contributed by atoms with van der Waals surface area (Å²) in [5.74, 6) is -3.83. The number of methoxy groups -OCH3 is 2. The Kier molecular flexibility index (Phi) is 6.76. The largest absolute Gasteiger partial charge is 0.508 e. The van der Waals surface area contributed by atoms with E-state index >= 15 is 4.79 Å². The Labute approximate surface area is 261 Å². The van der Waals surface area contributed by atoms with Crippen LogP contribution in [0.2, 0.25) is 0 Å². The van der Waals surface area contributed by atoms with Gasteiger partial charge in [0.25, 0.3) is 0 Å². The minimum Gasteiger partial charge on any atom is -0.508 e. The van der Waals surface area contributed by atoms with Crippen LogP contribution in [0.3, 0.4) is 0 Å². The van der Waals surface area contributed by atoms with Gasteiger partial charge in [0.15, 0.2) is 11.6 Å². The molecule has 228 valence electrons. The summed E-state index contributed by atoms with van der Waals surface area (Å²) in [5, 5.41) is 10.6. The van der Waals surface area contributed by atoms with Gasteiger partial charge in [0, 0.05) is 42.2 Å². The first-order valence-electron chi connectivity index (χ1n) is 15.1. The van der Waals surface area contributed by atoms with Crippen molar-refractivity contribution in [3.05, 3.63) is 107 Å². The van der Waals surface area contributed by atoms with E-state index in [-0.39, 0.29) is 35.6 Å². The lowest BCUT2D eigenvalue weighted by atomic mass is 9.44. The van der Waals surface area contributed by atoms with Gasteiger partial charge in [0.2, 0.25) is 11.8 Å². The third kappa shape index (κ3) is 3.97. The lowest BCUT2D eigenvalue weighted by Crippen LogP contribution is -2.59. The number of amides is 2. The molecule has 0 spiro atoms. The van der Waals surface area contributed by atoms with Gasteiger partial charge in [0.1, 0.15) is 17.2 Å². The summed E-state index contributed by atoms with van der Waals surface area (Å²) in [5.41, 5.74) is 1.50. The maximum atomic E-state index is 15.1. The molecular weight excluding hydrogens is 570 g/mol. The fourth-order valence-electron chi connectivity index (χ4n) is 8.56. The van der Waals surface area contributed by atoms with E-state index in [0.29, 0.717) is 40.2 Å². The van der Waals surface area contributed by atoms with Crippen LogP contribution in [0.15, 0.2) is 90.5 Å². The summed E-state index contributed by atoms with van der Waals surface area (Å²) in [7, 11) is 4.46. The summed E-state index contributed by atoms with van der Waals surface area (Å²) < 4.78 is 11.7. The molecule has 0 unspecified atom stereocenters. The second-order valence-corrected chi connectivity index (χ2v) is 12.3. The van der Waals surface area contributed by atoms with E-state index in [1.165, 1.54) is 44.4 Å². The minimum absolute atomic E-state index is 0.0849. The molecule has 8 heteroatoms. The highest BCUT2D eigenvalue weighted by Crippen LogP contribution is 2.65. The van der Waals surface area contributed by atoms with E-state index in [9.17, 15) is 19.5 Å². The number of carbonyl (C=O) groups excluding carboxylic acids is 4. The number of rotatable bonds is 5. The molecule has 1 aliphatic heterocycles. The molecule has 4 aliphatic rings. The fourth-order valence-corrected chi connectivity index (χ4v) is 8.56. The van der Waals surface area contributed by atoms with E-state index in [1.807, 2.05) is 66.7 Å². The second-order valence-electron chi connectivity index (χ2n) is 12.3. The Hall–Kier alpha value is -4.98. The number of phenols is 1. The number of hydrogen-bond donors (Lipinski definition) is 1. The number of benzene rings is 3. The number of likely N-dealkylation sites (tertiary alicyclic amines) is 1. The van der Waals surface area contributed by atoms with Crippen molar-refractivity contribution in [2.75, 3.05) is 21.3 Å². The molecule has 2 amide bonds. The van der Waals surface area contributed by atoms with Gasteiger partial charge in [-0.05, 0) is 36.0 Å². The molecule has 7 rings (SSSR count). The SMILES string of the molecule is COc1cc(O)cc(OC)c1[C@H]1C2=CC[C@@H]3C(=O)N(C)C(=O)[C@@H]3[C@@H]2C[C@H]2C(=O)C(c3ccccc3)=CC(=O)[C@@]12c1ccccc1. The number of fused-ring (bicyclic) bond motifs is 4. The van der Waals surface area contributed by atoms with Gasteiger partial charge in [-0.25, -0.2) is 0 Å². The average molecular weight is 604 g/mol. The summed E-state index contributed by atoms with van der Waals surface area (Å²) in [6, 6.07) is 21.4. The zero-order valence-electron chi connectivity index (χ0n) is 25.2. The standard InChI is InChI=1S/C37H33NO7/c1-38-35(42)24-15-14-23-26(31(24)36(38)43)18-27-34(41)25(20-10-6-4-7-11-20)19-30(40)37(27,21-12-8-5-9-13-21)33(23)32-28(44-2)16-22(39)17-29(32)45-3/h4-14,16-17,19,24,26-27,31,33,39H,15,18H2,1-3H3/t24-,26+,27-,31-,33+,37-/m0/s1. The van der Waals surface area contributed by atoms with Crippen molar-refractivity contribution >= 4 is 29.0 Å². The highest BCUT2D eigenvalue weighted by atomic mass is 16.5. The summed E-state index contributed by atoms with van der Waals surface area (Å²) in [4.78, 5) is 58.1. The number of nitrogens with zero attached hydrogens (tertiary/aromatic N) is 1. The molecule has 8 nitrogen and oxygen atoms in total. The van der Waals surface area contributed by atoms with Gasteiger partial charge < -0.3 is 14.6 Å². The highest BCUT2D eigenvalue weighted by molar-refractivity contribution is 6.31. The maximum absolute atomic E-state index is 15.1. The molecule has 0 radical (unpaired) electrons. The van der Waals surface area contributed by atoms with Crippen molar-refractivity contribution in [3.63, 3.8) is 0 Å². The number of aromatic hydroxyl groups is 1. The molecule has 1 saturated heterocycles. The van der Waals surface area contributed by atoms with Crippen LogP contribution in [-0.4, -0.2) is 54.7 Å². The zero-order valence-corrected chi connectivity index (χ0v) is 25.2. The number of imide groups is 1. The zero-order chi connectivity index (χ0) is 31.6. The number of ether oxygens (including phenoxy) is 2. The van der Waals surface area contributed by atoms with Crippen molar-refractivity contribution in [3.8, 4) is 17.2 Å². The Bertz CT molecular complexity index is 1790. The molecule has 1 N–H and O–H groups in total. The van der Waals surface area contributed by atoms with Crippen LogP contribution in [0.4, 0.5) is 0 Å². The quantitative estimate of drug-likeness (QED) is 0.328. The van der Waals surface area contributed by atoms with Crippen LogP contribution in [0.1, 0.15) is 35.4 Å². The van der Waals surface area contributed by atoms with E-state index in [2.05, 4.69) is 0 Å². The predicted molar refractivity (Wildman–Crippen MR) is 166 cm³/mol. The Balaban J connectivity index is 1.58. The van der Waals surface area contributed by atoms with Crippen molar-refractivity contribution in [1.29, 1.82) is 0 Å². The molecule has 0 bridgehead atoms. The number of allylic oxidation sites excluding steroid dienone is 4. The summed E-state index contributed by atoms with van der Waals surface area (Å²) in [6.45, 7) is 0. The third-order valence-electron chi connectivity index (χ3n) is 10.4. The predicted octanol–water partition coefficient (Wildman–Crippen LogP) is 4.86. The van der Waals surface area contributed by atoms with Gasteiger partial charge in [-0.1, -0.05) is 72.3 Å². The third-order valence-corrected chi connectivity index (χ3v) is 10.4. The van der Waals surface area contributed by atoms with E-state index < -0.39 is 35.0 Å². The summed E-state index contributed by atoms with van der Waals surface area (Å²) in [6.07, 6.45) is 4.00. The van der Waals surface area contributed by atoms with E-state index in [0.717, 1.165) is 5.57 Å². The van der Waals surface area contributed by atoms with Crippen LogP contribution < -0.4 is 9.47 Å². The van der Waals surface area contributed by atoms with Gasteiger partial charge in [-0.15, -0.1) is 0 Å². The van der Waals surface area contributed by atoms with Crippen LogP contribution in [0.5, 0.6) is 17.2 Å².